The van der Waals surface area contributed by atoms with E-state index >= 15 is 0 Å². The Bertz CT molecular complexity index is 1200. The number of carbonyl (C=O) groups is 1. The van der Waals surface area contributed by atoms with Crippen LogP contribution in [0.15, 0.2) is 58.6 Å². The van der Waals surface area contributed by atoms with Crippen LogP contribution in [0.3, 0.4) is 0 Å². The summed E-state index contributed by atoms with van der Waals surface area (Å²) < 4.78 is 5.17. The van der Waals surface area contributed by atoms with Gasteiger partial charge in [0.1, 0.15) is 0 Å². The molecule has 0 atom stereocenters. The molecule has 0 unspecified atom stereocenters. The zero-order chi connectivity index (χ0) is 18.4. The van der Waals surface area contributed by atoms with Crippen LogP contribution >= 0.6 is 0 Å². The number of aryl methyl sites for hydroxylation is 1. The van der Waals surface area contributed by atoms with Gasteiger partial charge in [-0.1, -0.05) is 6.07 Å². The predicted molar refractivity (Wildman–Crippen MR) is 101 cm³/mol. The number of pyridine rings is 1. The molecule has 132 valence electrons. The maximum atomic E-state index is 12.8. The van der Waals surface area contributed by atoms with Gasteiger partial charge >= 0.3 is 0 Å². The lowest BCUT2D eigenvalue weighted by Gasteiger charge is -2.10. The van der Waals surface area contributed by atoms with E-state index in [-0.39, 0.29) is 5.91 Å². The first-order chi connectivity index (χ1) is 13.2. The molecule has 7 heteroatoms. The quantitative estimate of drug-likeness (QED) is 0.587. The minimum absolute atomic E-state index is 0.212. The summed E-state index contributed by atoms with van der Waals surface area (Å²) in [7, 11) is 0. The fraction of sp³-hybridized carbons (Fsp3) is 0.100. The number of rotatable bonds is 3. The van der Waals surface area contributed by atoms with Crippen LogP contribution in [0.5, 0.6) is 0 Å². The van der Waals surface area contributed by atoms with Crippen LogP contribution in [0.4, 0.5) is 5.69 Å². The van der Waals surface area contributed by atoms with Gasteiger partial charge in [0.15, 0.2) is 5.65 Å². The third-order valence-corrected chi connectivity index (χ3v) is 4.67. The van der Waals surface area contributed by atoms with E-state index in [0.29, 0.717) is 29.1 Å². The first-order valence-corrected chi connectivity index (χ1v) is 8.51. The van der Waals surface area contributed by atoms with Crippen LogP contribution in [0.25, 0.3) is 11.2 Å². The minimum Gasteiger partial charge on any atom is -0.472 e. The van der Waals surface area contributed by atoms with E-state index in [1.807, 2.05) is 24.3 Å². The van der Waals surface area contributed by atoms with Crippen molar-refractivity contribution in [2.24, 2.45) is 4.99 Å². The Kier molecular flexibility index (Phi) is 3.39. The zero-order valence-electron chi connectivity index (χ0n) is 14.5. The Morgan fingerprint density at radius 2 is 2.19 bits per heavy atom. The number of nitrogens with one attached hydrogen (secondary N) is 2. The van der Waals surface area contributed by atoms with Crippen LogP contribution < -0.4 is 5.32 Å². The van der Waals surface area contributed by atoms with Gasteiger partial charge in [0.25, 0.3) is 5.91 Å². The van der Waals surface area contributed by atoms with Crippen molar-refractivity contribution in [1.82, 2.24) is 15.0 Å². The molecule has 1 aromatic carbocycles. The number of hydrogen-bond acceptors (Lipinski definition) is 5. The highest BCUT2D eigenvalue weighted by Crippen LogP contribution is 2.27. The van der Waals surface area contributed by atoms with Gasteiger partial charge in [-0.25, -0.2) is 9.97 Å². The molecule has 4 heterocycles. The summed E-state index contributed by atoms with van der Waals surface area (Å²) >= 11 is 0. The van der Waals surface area contributed by atoms with Crippen molar-refractivity contribution < 1.29 is 9.21 Å². The van der Waals surface area contributed by atoms with Crippen molar-refractivity contribution in [2.45, 2.75) is 13.5 Å². The van der Waals surface area contributed by atoms with Crippen LogP contribution in [0.2, 0.25) is 0 Å². The first-order valence-electron chi connectivity index (χ1n) is 8.51. The number of anilines is 1. The normalized spacial score (nSPS) is 12.9. The van der Waals surface area contributed by atoms with E-state index < -0.39 is 0 Å². The summed E-state index contributed by atoms with van der Waals surface area (Å²) in [6.07, 6.45) is 4.87. The Balaban J connectivity index is 1.46. The molecule has 1 amide bonds. The zero-order valence-corrected chi connectivity index (χ0v) is 14.5. The third kappa shape index (κ3) is 2.60. The summed E-state index contributed by atoms with van der Waals surface area (Å²) in [6.45, 7) is 2.43. The standard InChI is InChI=1S/C20H15N5O2/c1-11-15(7-17-19(24-11)23-10-22-17)20(26)25-14-3-2-12-8-21-18(16(12)6-14)13-4-5-27-9-13/h2-7,9-10H,8H2,1H3,(H,25,26)(H,22,23,24). The lowest BCUT2D eigenvalue weighted by molar-refractivity contribution is 0.102. The molecule has 7 nitrogen and oxygen atoms in total. The molecule has 2 N–H and O–H groups in total. The van der Waals surface area contributed by atoms with Crippen molar-refractivity contribution in [3.63, 3.8) is 0 Å². The van der Waals surface area contributed by atoms with Gasteiger partial charge in [-0.3, -0.25) is 9.79 Å². The summed E-state index contributed by atoms with van der Waals surface area (Å²) in [6, 6.07) is 9.48. The molecule has 4 aromatic rings. The Morgan fingerprint density at radius 3 is 3.04 bits per heavy atom. The maximum absolute atomic E-state index is 12.8. The predicted octanol–water partition coefficient (Wildman–Crippen LogP) is 3.46. The van der Waals surface area contributed by atoms with E-state index in [0.717, 1.165) is 27.9 Å². The number of aromatic amines is 1. The first kappa shape index (κ1) is 15.5. The van der Waals surface area contributed by atoms with Crippen molar-refractivity contribution >= 4 is 28.5 Å². The molecular formula is C20H15N5O2. The van der Waals surface area contributed by atoms with Crippen LogP contribution in [-0.2, 0) is 6.54 Å². The summed E-state index contributed by atoms with van der Waals surface area (Å²) in [5.74, 6) is -0.212. The van der Waals surface area contributed by atoms with Gasteiger partial charge in [0.2, 0.25) is 0 Å². The second-order valence-corrected chi connectivity index (χ2v) is 6.40. The van der Waals surface area contributed by atoms with E-state index in [9.17, 15) is 4.79 Å². The molecule has 0 bridgehead atoms. The second-order valence-electron chi connectivity index (χ2n) is 6.40. The smallest absolute Gasteiger partial charge is 0.257 e. The summed E-state index contributed by atoms with van der Waals surface area (Å²) in [5, 5.41) is 2.96. The highest BCUT2D eigenvalue weighted by atomic mass is 16.3. The molecule has 1 aliphatic heterocycles. The van der Waals surface area contributed by atoms with E-state index in [1.54, 1.807) is 31.8 Å². The number of furan rings is 1. The van der Waals surface area contributed by atoms with Gasteiger partial charge in [-0.2, -0.15) is 0 Å². The van der Waals surface area contributed by atoms with Crippen molar-refractivity contribution in [3.05, 3.63) is 77.1 Å². The topological polar surface area (TPSA) is 96.2 Å². The number of H-pyrrole nitrogens is 1. The fourth-order valence-corrected chi connectivity index (χ4v) is 3.30. The lowest BCUT2D eigenvalue weighted by atomic mass is 10.0. The monoisotopic (exact) mass is 357 g/mol. The van der Waals surface area contributed by atoms with Crippen LogP contribution in [0, 0.1) is 6.92 Å². The number of aromatic nitrogens is 3. The average Bonchev–Trinajstić information content (AvgIpc) is 3.40. The molecule has 27 heavy (non-hydrogen) atoms. The number of amides is 1. The second kappa shape index (κ2) is 5.91. The third-order valence-electron chi connectivity index (χ3n) is 4.67. The number of benzene rings is 1. The Morgan fingerprint density at radius 1 is 1.26 bits per heavy atom. The van der Waals surface area contributed by atoms with Gasteiger partial charge in [-0.05, 0) is 36.8 Å². The summed E-state index contributed by atoms with van der Waals surface area (Å²) in [4.78, 5) is 28.8. The van der Waals surface area contributed by atoms with Crippen molar-refractivity contribution in [3.8, 4) is 0 Å². The molecular weight excluding hydrogens is 342 g/mol. The maximum Gasteiger partial charge on any atom is 0.257 e. The Labute approximate surface area is 154 Å². The molecule has 0 saturated heterocycles. The number of carbonyl (C=O) groups excluding carboxylic acids is 1. The van der Waals surface area contributed by atoms with Crippen LogP contribution in [0.1, 0.15) is 32.7 Å². The number of aliphatic imine (C=N–C) groups is 1. The number of imidazole rings is 1. The van der Waals surface area contributed by atoms with E-state index in [4.69, 9.17) is 4.42 Å². The SMILES string of the molecule is Cc1nc2nc[nH]c2cc1C(=O)Nc1ccc2c(c1)C(c1ccoc1)=NC2. The highest BCUT2D eigenvalue weighted by Gasteiger charge is 2.20. The van der Waals surface area contributed by atoms with Gasteiger partial charge in [0.05, 0.1) is 47.9 Å². The van der Waals surface area contributed by atoms with Gasteiger partial charge < -0.3 is 14.7 Å². The molecule has 1 aliphatic rings. The molecule has 0 spiro atoms. The molecule has 0 radical (unpaired) electrons. The van der Waals surface area contributed by atoms with Gasteiger partial charge in [0, 0.05) is 16.8 Å². The minimum atomic E-state index is -0.212. The fourth-order valence-electron chi connectivity index (χ4n) is 3.30. The molecule has 0 saturated carbocycles. The largest absolute Gasteiger partial charge is 0.472 e. The Hall–Kier alpha value is -3.74. The number of fused-ring (bicyclic) bond motifs is 2. The molecule has 0 aliphatic carbocycles. The molecule has 3 aromatic heterocycles. The van der Waals surface area contributed by atoms with Crippen molar-refractivity contribution in [1.29, 1.82) is 0 Å². The van der Waals surface area contributed by atoms with Gasteiger partial charge in [-0.15, -0.1) is 0 Å². The average molecular weight is 357 g/mol. The summed E-state index contributed by atoms with van der Waals surface area (Å²) in [5.41, 5.74) is 7.13. The van der Waals surface area contributed by atoms with E-state index in [2.05, 4.69) is 25.3 Å². The molecule has 0 fully saturated rings. The highest BCUT2D eigenvalue weighted by molar-refractivity contribution is 6.16. The number of hydrogen-bond donors (Lipinski definition) is 2. The number of nitrogens with zero attached hydrogens (tertiary/aromatic N) is 3. The lowest BCUT2D eigenvalue weighted by Crippen LogP contribution is -2.14. The molecule has 5 rings (SSSR count). The van der Waals surface area contributed by atoms with E-state index in [1.165, 1.54) is 0 Å². The van der Waals surface area contributed by atoms with Crippen LogP contribution in [-0.4, -0.2) is 26.6 Å². The van der Waals surface area contributed by atoms with Crippen molar-refractivity contribution in [2.75, 3.05) is 5.32 Å².